The third kappa shape index (κ3) is 3.19. The molecule has 1 aromatic rings. The maximum absolute atomic E-state index is 11.8. The third-order valence-electron chi connectivity index (χ3n) is 1.98. The topological polar surface area (TPSA) is 75.6 Å². The van der Waals surface area contributed by atoms with Crippen molar-refractivity contribution in [2.24, 2.45) is 0 Å². The summed E-state index contributed by atoms with van der Waals surface area (Å²) in [5, 5.41) is 8.79. The minimum absolute atomic E-state index is 0.118. The number of rotatable bonds is 5. The first-order valence-corrected chi connectivity index (χ1v) is 6.25. The Morgan fingerprint density at radius 3 is 2.75 bits per heavy atom. The highest BCUT2D eigenvalue weighted by molar-refractivity contribution is 7.89. The predicted molar refractivity (Wildman–Crippen MR) is 59.9 cm³/mol. The largest absolute Gasteiger partial charge is 0.497 e. The Hall–Kier alpha value is -1.11. The monoisotopic (exact) mass is 245 g/mol. The summed E-state index contributed by atoms with van der Waals surface area (Å²) in [6.07, 6.45) is 0. The van der Waals surface area contributed by atoms with Crippen LogP contribution in [0.1, 0.15) is 6.92 Å². The molecule has 0 bridgehead atoms. The van der Waals surface area contributed by atoms with Gasteiger partial charge in [0.1, 0.15) is 5.75 Å². The predicted octanol–water partition coefficient (Wildman–Crippen LogP) is 0.354. The SMILES string of the molecule is COc1cccc(S(=O)(=O)N[C@@H](C)CO)c1. The second kappa shape index (κ2) is 5.29. The molecule has 1 rings (SSSR count). The third-order valence-corrected chi connectivity index (χ3v) is 3.57. The van der Waals surface area contributed by atoms with Crippen LogP contribution in [0.4, 0.5) is 0 Å². The number of aliphatic hydroxyl groups excluding tert-OH is 1. The van der Waals surface area contributed by atoms with Crippen LogP contribution in [-0.2, 0) is 10.0 Å². The molecule has 6 heteroatoms. The van der Waals surface area contributed by atoms with Crippen LogP contribution in [0.2, 0.25) is 0 Å². The Morgan fingerprint density at radius 1 is 1.50 bits per heavy atom. The van der Waals surface area contributed by atoms with Crippen LogP contribution in [0.25, 0.3) is 0 Å². The average molecular weight is 245 g/mol. The number of benzene rings is 1. The normalized spacial score (nSPS) is 13.4. The summed E-state index contributed by atoms with van der Waals surface area (Å²) < 4.78 is 30.9. The summed E-state index contributed by atoms with van der Waals surface area (Å²) in [4.78, 5) is 0.118. The second-order valence-electron chi connectivity index (χ2n) is 3.38. The van der Waals surface area contributed by atoms with Crippen molar-refractivity contribution in [2.45, 2.75) is 17.9 Å². The molecule has 0 spiro atoms. The van der Waals surface area contributed by atoms with Crippen molar-refractivity contribution in [3.63, 3.8) is 0 Å². The molecule has 5 nitrogen and oxygen atoms in total. The Labute approximate surface area is 95.1 Å². The van der Waals surface area contributed by atoms with Crippen LogP contribution in [0.5, 0.6) is 5.75 Å². The Bertz CT molecular complexity index is 444. The van der Waals surface area contributed by atoms with E-state index < -0.39 is 16.1 Å². The molecule has 1 atom stereocenters. The van der Waals surface area contributed by atoms with Gasteiger partial charge in [0.2, 0.25) is 10.0 Å². The summed E-state index contributed by atoms with van der Waals surface area (Å²) in [5.41, 5.74) is 0. The van der Waals surface area contributed by atoms with Gasteiger partial charge in [-0.1, -0.05) is 6.07 Å². The van der Waals surface area contributed by atoms with E-state index >= 15 is 0 Å². The smallest absolute Gasteiger partial charge is 0.241 e. The molecular formula is C10H15NO4S. The molecule has 0 heterocycles. The van der Waals surface area contributed by atoms with Gasteiger partial charge < -0.3 is 9.84 Å². The first kappa shape index (κ1) is 13.0. The van der Waals surface area contributed by atoms with Gasteiger partial charge in [-0.15, -0.1) is 0 Å². The highest BCUT2D eigenvalue weighted by Crippen LogP contribution is 2.16. The first-order valence-electron chi connectivity index (χ1n) is 4.77. The van der Waals surface area contributed by atoms with Crippen LogP contribution >= 0.6 is 0 Å². The van der Waals surface area contributed by atoms with E-state index in [9.17, 15) is 8.42 Å². The van der Waals surface area contributed by atoms with E-state index in [0.29, 0.717) is 5.75 Å². The number of hydrogen-bond acceptors (Lipinski definition) is 4. The molecule has 0 unspecified atom stereocenters. The van der Waals surface area contributed by atoms with Crippen molar-refractivity contribution in [3.05, 3.63) is 24.3 Å². The maximum atomic E-state index is 11.8. The van der Waals surface area contributed by atoms with Crippen LogP contribution in [-0.4, -0.2) is 33.3 Å². The van der Waals surface area contributed by atoms with E-state index in [4.69, 9.17) is 9.84 Å². The van der Waals surface area contributed by atoms with E-state index in [1.165, 1.54) is 19.2 Å². The van der Waals surface area contributed by atoms with Crippen molar-refractivity contribution in [2.75, 3.05) is 13.7 Å². The standard InChI is InChI=1S/C10H15NO4S/c1-8(7-12)11-16(13,14)10-5-3-4-9(6-10)15-2/h3-6,8,11-12H,7H2,1-2H3/t8-/m0/s1. The lowest BCUT2D eigenvalue weighted by atomic mass is 10.3. The van der Waals surface area contributed by atoms with Gasteiger partial charge in [-0.2, -0.15) is 0 Å². The van der Waals surface area contributed by atoms with Gasteiger partial charge in [-0.3, -0.25) is 0 Å². The van der Waals surface area contributed by atoms with Crippen LogP contribution in [0.3, 0.4) is 0 Å². The van der Waals surface area contributed by atoms with Gasteiger partial charge in [-0.25, -0.2) is 13.1 Å². The zero-order chi connectivity index (χ0) is 12.2. The Morgan fingerprint density at radius 2 is 2.19 bits per heavy atom. The van der Waals surface area contributed by atoms with E-state index in [-0.39, 0.29) is 11.5 Å². The fraction of sp³-hybridized carbons (Fsp3) is 0.400. The van der Waals surface area contributed by atoms with E-state index in [1.54, 1.807) is 19.1 Å². The summed E-state index contributed by atoms with van der Waals surface area (Å²) in [7, 11) is -2.13. The molecule has 16 heavy (non-hydrogen) atoms. The summed E-state index contributed by atoms with van der Waals surface area (Å²) in [5.74, 6) is 0.472. The fourth-order valence-electron chi connectivity index (χ4n) is 1.14. The average Bonchev–Trinajstić information content (AvgIpc) is 2.28. The quantitative estimate of drug-likeness (QED) is 0.785. The van der Waals surface area contributed by atoms with Gasteiger partial charge in [-0.05, 0) is 19.1 Å². The molecular weight excluding hydrogens is 230 g/mol. The molecule has 0 aromatic heterocycles. The summed E-state index contributed by atoms with van der Waals surface area (Å²) >= 11 is 0. The van der Waals surface area contributed by atoms with E-state index in [2.05, 4.69) is 4.72 Å². The van der Waals surface area contributed by atoms with Crippen LogP contribution < -0.4 is 9.46 Å². The molecule has 0 fully saturated rings. The zero-order valence-electron chi connectivity index (χ0n) is 9.17. The van der Waals surface area contributed by atoms with Gasteiger partial charge in [0.15, 0.2) is 0 Å². The number of hydrogen-bond donors (Lipinski definition) is 2. The minimum Gasteiger partial charge on any atom is -0.497 e. The van der Waals surface area contributed by atoms with Crippen molar-refractivity contribution >= 4 is 10.0 Å². The highest BCUT2D eigenvalue weighted by Gasteiger charge is 2.17. The van der Waals surface area contributed by atoms with Gasteiger partial charge in [0, 0.05) is 12.1 Å². The Kier molecular flexibility index (Phi) is 4.28. The Balaban J connectivity index is 2.98. The molecule has 0 saturated heterocycles. The molecule has 0 radical (unpaired) electrons. The molecule has 0 saturated carbocycles. The number of sulfonamides is 1. The van der Waals surface area contributed by atoms with Gasteiger partial charge >= 0.3 is 0 Å². The molecule has 1 aromatic carbocycles. The van der Waals surface area contributed by atoms with Gasteiger partial charge in [0.05, 0.1) is 18.6 Å². The lowest BCUT2D eigenvalue weighted by molar-refractivity contribution is 0.265. The zero-order valence-corrected chi connectivity index (χ0v) is 9.99. The van der Waals surface area contributed by atoms with Crippen molar-refractivity contribution in [1.29, 1.82) is 0 Å². The van der Waals surface area contributed by atoms with Crippen molar-refractivity contribution in [1.82, 2.24) is 4.72 Å². The molecule has 2 N–H and O–H groups in total. The van der Waals surface area contributed by atoms with Gasteiger partial charge in [0.25, 0.3) is 0 Å². The van der Waals surface area contributed by atoms with Crippen molar-refractivity contribution < 1.29 is 18.3 Å². The second-order valence-corrected chi connectivity index (χ2v) is 5.10. The highest BCUT2D eigenvalue weighted by atomic mass is 32.2. The number of ether oxygens (including phenoxy) is 1. The molecule has 0 aliphatic carbocycles. The summed E-state index contributed by atoms with van der Waals surface area (Å²) in [6.45, 7) is 1.33. The number of nitrogens with one attached hydrogen (secondary N) is 1. The first-order chi connectivity index (χ1) is 7.49. The van der Waals surface area contributed by atoms with Crippen LogP contribution in [0.15, 0.2) is 29.2 Å². The number of methoxy groups -OCH3 is 1. The molecule has 0 amide bonds. The lowest BCUT2D eigenvalue weighted by Gasteiger charge is -2.11. The van der Waals surface area contributed by atoms with Crippen LogP contribution in [0, 0.1) is 0 Å². The molecule has 90 valence electrons. The molecule has 0 aliphatic rings. The number of aliphatic hydroxyl groups is 1. The molecule has 0 aliphatic heterocycles. The van der Waals surface area contributed by atoms with Crippen molar-refractivity contribution in [3.8, 4) is 5.75 Å². The lowest BCUT2D eigenvalue weighted by Crippen LogP contribution is -2.34. The summed E-state index contributed by atoms with van der Waals surface area (Å²) in [6, 6.07) is 5.63. The maximum Gasteiger partial charge on any atom is 0.241 e. The van der Waals surface area contributed by atoms with E-state index in [1.807, 2.05) is 0 Å². The van der Waals surface area contributed by atoms with E-state index in [0.717, 1.165) is 0 Å². The fourth-order valence-corrected chi connectivity index (χ4v) is 2.41. The minimum atomic E-state index is -3.59.